The van der Waals surface area contributed by atoms with E-state index in [-0.39, 0.29) is 36.9 Å². The van der Waals surface area contributed by atoms with Gasteiger partial charge in [-0.2, -0.15) is 13.2 Å². The van der Waals surface area contributed by atoms with Crippen LogP contribution in [0.1, 0.15) is 28.2 Å². The fourth-order valence-electron chi connectivity index (χ4n) is 3.67. The highest BCUT2D eigenvalue weighted by Crippen LogP contribution is 2.33. The summed E-state index contributed by atoms with van der Waals surface area (Å²) in [5.41, 5.74) is -1.21. The Balaban J connectivity index is 1.91. The topological polar surface area (TPSA) is 76.5 Å². The van der Waals surface area contributed by atoms with Crippen molar-refractivity contribution in [3.63, 3.8) is 0 Å². The number of rotatable bonds is 8. The Kier molecular flexibility index (Phi) is 7.22. The maximum Gasteiger partial charge on any atom is 0.416 e. The zero-order valence-electron chi connectivity index (χ0n) is 17.7. The minimum Gasteiger partial charge on any atom is -0.489 e. The molecule has 0 saturated heterocycles. The summed E-state index contributed by atoms with van der Waals surface area (Å²) in [4.78, 5) is 31.1. The first-order valence-electron chi connectivity index (χ1n) is 10.2. The van der Waals surface area contributed by atoms with Crippen LogP contribution in [0.4, 0.5) is 13.2 Å². The molecule has 1 aliphatic rings. The molecule has 0 aliphatic carbocycles. The first kappa shape index (κ1) is 23.4. The van der Waals surface area contributed by atoms with Crippen LogP contribution in [-0.4, -0.2) is 53.0 Å². The Morgan fingerprint density at radius 3 is 2.88 bits per heavy atom. The van der Waals surface area contributed by atoms with Crippen molar-refractivity contribution in [2.45, 2.75) is 25.6 Å². The first-order chi connectivity index (χ1) is 15.2. The molecular formula is C22H25F3N4O3. The normalized spacial score (nSPS) is 15.6. The van der Waals surface area contributed by atoms with Crippen molar-refractivity contribution in [2.24, 2.45) is 5.92 Å². The first-order valence-corrected chi connectivity index (χ1v) is 10.2. The molecule has 10 heteroatoms. The molecule has 1 aromatic carbocycles. The molecule has 32 heavy (non-hydrogen) atoms. The lowest BCUT2D eigenvalue weighted by atomic mass is 9.96. The number of carbonyl (C=O) groups is 2. The van der Waals surface area contributed by atoms with Crippen LogP contribution in [0.25, 0.3) is 0 Å². The van der Waals surface area contributed by atoms with Gasteiger partial charge in [0.15, 0.2) is 0 Å². The van der Waals surface area contributed by atoms with Crippen LogP contribution in [0.2, 0.25) is 0 Å². The number of carbonyl (C=O) groups excluding carboxylic acids is 2. The van der Waals surface area contributed by atoms with E-state index in [1.807, 2.05) is 10.8 Å². The molecule has 3 rings (SSSR count). The Morgan fingerprint density at radius 1 is 1.41 bits per heavy atom. The Morgan fingerprint density at radius 2 is 2.19 bits per heavy atom. The molecule has 1 unspecified atom stereocenters. The molecule has 2 heterocycles. The number of hydrogen-bond acceptors (Lipinski definition) is 4. The van der Waals surface area contributed by atoms with Gasteiger partial charge in [0.1, 0.15) is 18.2 Å². The van der Waals surface area contributed by atoms with Crippen molar-refractivity contribution in [3.05, 3.63) is 60.2 Å². The van der Waals surface area contributed by atoms with Crippen LogP contribution in [0.15, 0.2) is 43.2 Å². The van der Waals surface area contributed by atoms with E-state index in [9.17, 15) is 22.8 Å². The number of nitrogens with zero attached hydrogens (tertiary/aromatic N) is 3. The van der Waals surface area contributed by atoms with Crippen molar-refractivity contribution < 1.29 is 27.5 Å². The average molecular weight is 450 g/mol. The second kappa shape index (κ2) is 9.88. The molecule has 0 radical (unpaired) electrons. The van der Waals surface area contributed by atoms with Crippen LogP contribution < -0.4 is 10.1 Å². The summed E-state index contributed by atoms with van der Waals surface area (Å²) in [7, 11) is 1.44. The molecule has 2 amide bonds. The Hall–Kier alpha value is -3.30. The van der Waals surface area contributed by atoms with Gasteiger partial charge in [-0.1, -0.05) is 12.7 Å². The molecule has 1 aliphatic heterocycles. The van der Waals surface area contributed by atoms with Gasteiger partial charge in [0, 0.05) is 39.0 Å². The molecular weight excluding hydrogens is 425 g/mol. The van der Waals surface area contributed by atoms with Gasteiger partial charge in [-0.25, -0.2) is 4.98 Å². The molecule has 1 N–H and O–H groups in total. The molecule has 1 atom stereocenters. The quantitative estimate of drug-likeness (QED) is 0.628. The van der Waals surface area contributed by atoms with E-state index >= 15 is 0 Å². The number of likely N-dealkylation sites (N-methyl/N-ethyl adjacent to an activating group) is 1. The SMILES string of the molecule is C=CCOc1ccc(C(F)(F)F)cc1C(=O)N(CC(=O)NC)CC1CCn2ccnc2C1. The van der Waals surface area contributed by atoms with Gasteiger partial charge in [-0.15, -0.1) is 0 Å². The van der Waals surface area contributed by atoms with Gasteiger partial charge < -0.3 is 19.5 Å². The molecule has 172 valence electrons. The number of hydrogen-bond donors (Lipinski definition) is 1. The second-order valence-corrected chi connectivity index (χ2v) is 7.56. The van der Waals surface area contributed by atoms with Gasteiger partial charge in [-0.05, 0) is 30.5 Å². The van der Waals surface area contributed by atoms with E-state index in [0.717, 1.165) is 37.0 Å². The molecule has 1 aromatic heterocycles. The molecule has 0 saturated carbocycles. The van der Waals surface area contributed by atoms with E-state index in [1.54, 1.807) is 6.20 Å². The number of aromatic nitrogens is 2. The minimum atomic E-state index is -4.63. The Labute approximate surface area is 183 Å². The van der Waals surface area contributed by atoms with E-state index in [1.165, 1.54) is 18.0 Å². The number of imidazole rings is 1. The summed E-state index contributed by atoms with van der Waals surface area (Å²) in [6, 6.07) is 2.75. The summed E-state index contributed by atoms with van der Waals surface area (Å²) in [6.45, 7) is 4.19. The molecule has 0 spiro atoms. The summed E-state index contributed by atoms with van der Waals surface area (Å²) in [5, 5.41) is 2.46. The summed E-state index contributed by atoms with van der Waals surface area (Å²) >= 11 is 0. The van der Waals surface area contributed by atoms with Crippen molar-refractivity contribution in [1.29, 1.82) is 0 Å². The molecule has 2 aromatic rings. The van der Waals surface area contributed by atoms with Crippen molar-refractivity contribution in [1.82, 2.24) is 19.8 Å². The number of fused-ring (bicyclic) bond motifs is 1. The number of ether oxygens (including phenoxy) is 1. The van der Waals surface area contributed by atoms with Gasteiger partial charge in [-0.3, -0.25) is 9.59 Å². The monoisotopic (exact) mass is 450 g/mol. The molecule has 0 bridgehead atoms. The number of benzene rings is 1. The predicted molar refractivity (Wildman–Crippen MR) is 111 cm³/mol. The second-order valence-electron chi connectivity index (χ2n) is 7.56. The summed E-state index contributed by atoms with van der Waals surface area (Å²) < 4.78 is 47.4. The smallest absolute Gasteiger partial charge is 0.416 e. The van der Waals surface area contributed by atoms with Crippen LogP contribution >= 0.6 is 0 Å². The summed E-state index contributed by atoms with van der Waals surface area (Å²) in [6.07, 6.45) is 1.74. The highest BCUT2D eigenvalue weighted by molar-refractivity contribution is 5.99. The highest BCUT2D eigenvalue weighted by Gasteiger charge is 2.34. The van der Waals surface area contributed by atoms with Gasteiger partial charge >= 0.3 is 6.18 Å². The lowest BCUT2D eigenvalue weighted by Crippen LogP contribution is -2.43. The van der Waals surface area contributed by atoms with Crippen molar-refractivity contribution >= 4 is 11.8 Å². The van der Waals surface area contributed by atoms with Crippen molar-refractivity contribution in [2.75, 3.05) is 26.7 Å². The maximum atomic E-state index is 13.4. The fraction of sp³-hybridized carbons (Fsp3) is 0.409. The largest absolute Gasteiger partial charge is 0.489 e. The van der Waals surface area contributed by atoms with Crippen LogP contribution in [0, 0.1) is 5.92 Å². The number of amides is 2. The third kappa shape index (κ3) is 5.49. The molecule has 7 nitrogen and oxygen atoms in total. The van der Waals surface area contributed by atoms with E-state index < -0.39 is 23.6 Å². The van der Waals surface area contributed by atoms with Crippen LogP contribution in [-0.2, 0) is 23.9 Å². The zero-order valence-corrected chi connectivity index (χ0v) is 17.7. The molecule has 0 fully saturated rings. The standard InChI is InChI=1S/C22H25F3N4O3/c1-3-10-32-18-5-4-16(22(23,24)25)12-17(18)21(31)29(14-20(30)26-2)13-15-6-8-28-9-7-27-19(28)11-15/h3-5,7,9,12,15H,1,6,8,10-11,13-14H2,2H3,(H,26,30). The van der Waals surface area contributed by atoms with Gasteiger partial charge in [0.2, 0.25) is 5.91 Å². The van der Waals surface area contributed by atoms with E-state index in [0.29, 0.717) is 6.42 Å². The Bertz CT molecular complexity index is 987. The third-order valence-corrected chi connectivity index (χ3v) is 5.32. The van der Waals surface area contributed by atoms with Gasteiger partial charge in [0.05, 0.1) is 17.7 Å². The van der Waals surface area contributed by atoms with E-state index in [2.05, 4.69) is 16.9 Å². The number of aryl methyl sites for hydroxylation is 1. The lowest BCUT2D eigenvalue weighted by molar-refractivity contribution is -0.137. The number of nitrogens with one attached hydrogen (secondary N) is 1. The fourth-order valence-corrected chi connectivity index (χ4v) is 3.67. The average Bonchev–Trinajstić information content (AvgIpc) is 3.23. The minimum absolute atomic E-state index is 0.00370. The number of halogens is 3. The van der Waals surface area contributed by atoms with Crippen LogP contribution in [0.5, 0.6) is 5.75 Å². The zero-order chi connectivity index (χ0) is 23.3. The predicted octanol–water partition coefficient (Wildman–Crippen LogP) is 2.92. The summed E-state index contributed by atoms with van der Waals surface area (Å²) in [5.74, 6) is -0.225. The van der Waals surface area contributed by atoms with Crippen LogP contribution in [0.3, 0.4) is 0 Å². The van der Waals surface area contributed by atoms with E-state index in [4.69, 9.17) is 4.74 Å². The maximum absolute atomic E-state index is 13.4. The lowest BCUT2D eigenvalue weighted by Gasteiger charge is -2.30. The van der Waals surface area contributed by atoms with Gasteiger partial charge in [0.25, 0.3) is 5.91 Å². The number of alkyl halides is 3. The third-order valence-electron chi connectivity index (χ3n) is 5.32. The highest BCUT2D eigenvalue weighted by atomic mass is 19.4. The van der Waals surface area contributed by atoms with Crippen molar-refractivity contribution in [3.8, 4) is 5.75 Å².